The number of rotatable bonds is 5. The van der Waals surface area contributed by atoms with Crippen molar-refractivity contribution in [2.24, 2.45) is 11.3 Å². The second-order valence-electron chi connectivity index (χ2n) is 7.35. The topological polar surface area (TPSA) is 17.1 Å². The van der Waals surface area contributed by atoms with Gasteiger partial charge in [0.15, 0.2) is 5.52 Å². The van der Waals surface area contributed by atoms with Crippen LogP contribution in [-0.4, -0.2) is 11.7 Å². The van der Waals surface area contributed by atoms with Crippen LogP contribution in [0.4, 0.5) is 0 Å². The lowest BCUT2D eigenvalue weighted by atomic mass is 9.86. The first-order valence-electron chi connectivity index (χ1n) is 7.46. The first-order chi connectivity index (χ1) is 9.10. The molecule has 0 aromatic heterocycles. The molecule has 20 heavy (non-hydrogen) atoms. The highest BCUT2D eigenvalue weighted by atomic mass is 31.1. The van der Waals surface area contributed by atoms with Gasteiger partial charge in [-0.05, 0) is 64.4 Å². The third kappa shape index (κ3) is 5.37. The summed E-state index contributed by atoms with van der Waals surface area (Å²) >= 11 is 0. The number of hydrogen-bond acceptors (Lipinski definition) is 1. The molecule has 112 valence electrons. The first-order valence-corrected chi connectivity index (χ1v) is 8.67. The average molecular weight is 292 g/mol. The summed E-state index contributed by atoms with van der Waals surface area (Å²) in [5.41, 5.74) is 5.13. The van der Waals surface area contributed by atoms with Crippen LogP contribution in [0.15, 0.2) is 12.1 Å². The first kappa shape index (κ1) is 17.4. The smallest absolute Gasteiger partial charge is 0.181 e. The molecule has 1 nitrogen and oxygen atoms in total. The van der Waals surface area contributed by atoms with Gasteiger partial charge in [-0.25, -0.2) is 0 Å². The SMILES string of the molecule is Cc1cc(C)c(C(=O)PCC(C)CC(C)(C)C)c(C)c1. The van der Waals surface area contributed by atoms with Gasteiger partial charge in [-0.1, -0.05) is 45.4 Å². The fraction of sp³-hybridized carbons (Fsp3) is 0.611. The van der Waals surface area contributed by atoms with Gasteiger partial charge in [0.2, 0.25) is 0 Å². The molecule has 0 saturated carbocycles. The minimum absolute atomic E-state index is 0.334. The molecule has 0 spiro atoms. The van der Waals surface area contributed by atoms with Gasteiger partial charge >= 0.3 is 0 Å². The van der Waals surface area contributed by atoms with Crippen molar-refractivity contribution < 1.29 is 4.79 Å². The van der Waals surface area contributed by atoms with Crippen molar-refractivity contribution in [3.05, 3.63) is 34.4 Å². The Bertz CT molecular complexity index is 460. The van der Waals surface area contributed by atoms with E-state index in [1.165, 1.54) is 12.0 Å². The summed E-state index contributed by atoms with van der Waals surface area (Å²) in [6.45, 7) is 15.3. The van der Waals surface area contributed by atoms with Crippen LogP contribution in [0.2, 0.25) is 0 Å². The molecule has 2 unspecified atom stereocenters. The summed E-state index contributed by atoms with van der Waals surface area (Å²) in [7, 11) is 0.400. The van der Waals surface area contributed by atoms with Crippen LogP contribution < -0.4 is 0 Å². The van der Waals surface area contributed by atoms with Crippen LogP contribution in [-0.2, 0) is 0 Å². The lowest BCUT2D eigenvalue weighted by molar-refractivity contribution is 0.108. The Hall–Kier alpha value is -0.680. The van der Waals surface area contributed by atoms with Crippen molar-refractivity contribution in [1.29, 1.82) is 0 Å². The molecule has 0 radical (unpaired) electrons. The molecule has 0 aliphatic heterocycles. The molecular weight excluding hydrogens is 263 g/mol. The maximum Gasteiger partial charge on any atom is 0.181 e. The standard InChI is InChI=1S/C18H29OP/c1-12-8-14(3)16(15(4)9-12)17(19)20-11-13(2)10-18(5,6)7/h8-9,13,20H,10-11H2,1-7H3. The Kier molecular flexibility index (Phi) is 5.95. The van der Waals surface area contributed by atoms with Crippen LogP contribution in [0.1, 0.15) is 61.2 Å². The Labute approximate surface area is 126 Å². The van der Waals surface area contributed by atoms with E-state index in [1.807, 2.05) is 0 Å². The molecule has 0 aliphatic carbocycles. The average Bonchev–Trinajstić information content (AvgIpc) is 2.22. The lowest BCUT2D eigenvalue weighted by Crippen LogP contribution is -2.13. The highest BCUT2D eigenvalue weighted by molar-refractivity contribution is 7.58. The van der Waals surface area contributed by atoms with Crippen molar-refractivity contribution in [3.63, 3.8) is 0 Å². The van der Waals surface area contributed by atoms with E-state index in [1.54, 1.807) is 0 Å². The van der Waals surface area contributed by atoms with Crippen molar-refractivity contribution in [1.82, 2.24) is 0 Å². The van der Waals surface area contributed by atoms with Gasteiger partial charge in [0.1, 0.15) is 0 Å². The highest BCUT2D eigenvalue weighted by Gasteiger charge is 2.18. The normalized spacial score (nSPS) is 13.9. The summed E-state index contributed by atoms with van der Waals surface area (Å²) in [6, 6.07) is 4.23. The second-order valence-corrected chi connectivity index (χ2v) is 8.57. The molecule has 0 fully saturated rings. The molecule has 1 aromatic carbocycles. The van der Waals surface area contributed by atoms with E-state index in [0.29, 0.717) is 25.4 Å². The quantitative estimate of drug-likeness (QED) is 0.655. The number of hydrogen-bond donors (Lipinski definition) is 0. The van der Waals surface area contributed by atoms with Gasteiger partial charge in [-0.3, -0.25) is 4.79 Å². The van der Waals surface area contributed by atoms with E-state index in [4.69, 9.17) is 0 Å². The van der Waals surface area contributed by atoms with Crippen LogP contribution in [0.5, 0.6) is 0 Å². The Morgan fingerprint density at radius 3 is 2.10 bits per heavy atom. The monoisotopic (exact) mass is 292 g/mol. The Morgan fingerprint density at radius 2 is 1.65 bits per heavy atom. The molecule has 1 rings (SSSR count). The minimum atomic E-state index is 0.334. The van der Waals surface area contributed by atoms with Gasteiger partial charge in [0.05, 0.1) is 0 Å². The van der Waals surface area contributed by atoms with E-state index >= 15 is 0 Å². The molecule has 2 heteroatoms. The van der Waals surface area contributed by atoms with E-state index in [2.05, 4.69) is 60.6 Å². The fourth-order valence-corrected chi connectivity index (χ4v) is 4.26. The fourth-order valence-electron chi connectivity index (χ4n) is 3.01. The summed E-state index contributed by atoms with van der Waals surface area (Å²) in [5.74, 6) is 0.614. The summed E-state index contributed by atoms with van der Waals surface area (Å²) in [5, 5.41) is 0. The summed E-state index contributed by atoms with van der Waals surface area (Å²) in [6.07, 6.45) is 2.20. The van der Waals surface area contributed by atoms with Crippen LogP contribution in [0.25, 0.3) is 0 Å². The van der Waals surface area contributed by atoms with E-state index < -0.39 is 0 Å². The zero-order valence-electron chi connectivity index (χ0n) is 14.1. The number of carbonyl (C=O) groups is 1. The molecule has 0 aliphatic rings. The van der Waals surface area contributed by atoms with Gasteiger partial charge in [0, 0.05) is 5.56 Å². The Morgan fingerprint density at radius 1 is 1.15 bits per heavy atom. The predicted molar refractivity (Wildman–Crippen MR) is 91.4 cm³/mol. The van der Waals surface area contributed by atoms with Crippen LogP contribution in [0, 0.1) is 32.1 Å². The van der Waals surface area contributed by atoms with Gasteiger partial charge in [-0.15, -0.1) is 0 Å². The molecular formula is C18H29OP. The molecule has 2 atom stereocenters. The molecule has 0 heterocycles. The molecule has 0 N–H and O–H groups in total. The lowest BCUT2D eigenvalue weighted by Gasteiger charge is -2.23. The molecule has 0 bridgehead atoms. The van der Waals surface area contributed by atoms with E-state index in [-0.39, 0.29) is 0 Å². The largest absolute Gasteiger partial charge is 0.289 e. The third-order valence-corrected chi connectivity index (χ3v) is 4.95. The third-order valence-electron chi connectivity index (χ3n) is 3.48. The molecule has 1 aromatic rings. The highest BCUT2D eigenvalue weighted by Crippen LogP contribution is 2.31. The van der Waals surface area contributed by atoms with E-state index in [0.717, 1.165) is 22.9 Å². The maximum atomic E-state index is 12.5. The van der Waals surface area contributed by atoms with Crippen molar-refractivity contribution in [2.45, 2.75) is 54.9 Å². The van der Waals surface area contributed by atoms with E-state index in [9.17, 15) is 4.79 Å². The predicted octanol–water partition coefficient (Wildman–Crippen LogP) is 5.50. The number of benzene rings is 1. The zero-order chi connectivity index (χ0) is 15.5. The van der Waals surface area contributed by atoms with Crippen LogP contribution >= 0.6 is 8.58 Å². The minimum Gasteiger partial charge on any atom is -0.289 e. The maximum absolute atomic E-state index is 12.5. The summed E-state index contributed by atoms with van der Waals surface area (Å²) in [4.78, 5) is 12.5. The number of aryl methyl sites for hydroxylation is 3. The van der Waals surface area contributed by atoms with Crippen molar-refractivity contribution in [3.8, 4) is 0 Å². The van der Waals surface area contributed by atoms with Gasteiger partial charge in [-0.2, -0.15) is 0 Å². The molecule has 0 amide bonds. The second kappa shape index (κ2) is 6.85. The van der Waals surface area contributed by atoms with Crippen molar-refractivity contribution >= 4 is 14.1 Å². The van der Waals surface area contributed by atoms with Crippen molar-refractivity contribution in [2.75, 3.05) is 6.16 Å². The van der Waals surface area contributed by atoms with Gasteiger partial charge < -0.3 is 0 Å². The summed E-state index contributed by atoms with van der Waals surface area (Å²) < 4.78 is 0. The number of carbonyl (C=O) groups excluding carboxylic acids is 1. The Balaban J connectivity index is 2.69. The van der Waals surface area contributed by atoms with Gasteiger partial charge in [0.25, 0.3) is 0 Å². The zero-order valence-corrected chi connectivity index (χ0v) is 15.1. The molecule has 0 saturated heterocycles. The van der Waals surface area contributed by atoms with Crippen LogP contribution in [0.3, 0.4) is 0 Å².